The van der Waals surface area contributed by atoms with E-state index >= 15 is 0 Å². The molecule has 0 saturated heterocycles. The van der Waals surface area contributed by atoms with Crippen LogP contribution in [0.25, 0.3) is 0 Å². The van der Waals surface area contributed by atoms with Gasteiger partial charge in [0.1, 0.15) is 0 Å². The van der Waals surface area contributed by atoms with Crippen molar-refractivity contribution in [1.29, 1.82) is 0 Å². The molecule has 0 saturated carbocycles. The number of aromatic nitrogens is 1. The second-order valence-corrected chi connectivity index (χ2v) is 7.47. The van der Waals surface area contributed by atoms with Gasteiger partial charge in [0.2, 0.25) is 5.91 Å². The first kappa shape index (κ1) is 18.2. The van der Waals surface area contributed by atoms with Gasteiger partial charge >= 0.3 is 0 Å². The lowest BCUT2D eigenvalue weighted by molar-refractivity contribution is -0.113. The van der Waals surface area contributed by atoms with Gasteiger partial charge in [0.25, 0.3) is 5.91 Å². The minimum atomic E-state index is -0.159. The van der Waals surface area contributed by atoms with Crippen molar-refractivity contribution in [2.24, 2.45) is 0 Å². The smallest absolute Gasteiger partial charge is 0.255 e. The zero-order valence-corrected chi connectivity index (χ0v) is 15.7. The van der Waals surface area contributed by atoms with Crippen LogP contribution >= 0.6 is 23.1 Å². The van der Waals surface area contributed by atoms with Gasteiger partial charge in [-0.3, -0.25) is 9.59 Å². The third-order valence-corrected chi connectivity index (χ3v) is 5.14. The Balaban J connectivity index is 1.56. The summed E-state index contributed by atoms with van der Waals surface area (Å²) in [7, 11) is 0. The number of thiazole rings is 1. The molecule has 0 unspecified atom stereocenters. The number of aryl methyl sites for hydroxylation is 1. The topological polar surface area (TPSA) is 71.1 Å². The van der Waals surface area contributed by atoms with Crippen molar-refractivity contribution < 1.29 is 9.59 Å². The van der Waals surface area contributed by atoms with E-state index in [1.165, 1.54) is 23.1 Å². The van der Waals surface area contributed by atoms with Crippen LogP contribution in [0.4, 0.5) is 10.8 Å². The third kappa shape index (κ3) is 5.18. The maximum Gasteiger partial charge on any atom is 0.255 e. The Labute approximate surface area is 159 Å². The molecule has 1 aromatic heterocycles. The molecule has 2 N–H and O–H groups in total. The number of nitrogens with zero attached hydrogens (tertiary/aromatic N) is 1. The summed E-state index contributed by atoms with van der Waals surface area (Å²) >= 11 is 2.78. The van der Waals surface area contributed by atoms with Crippen LogP contribution in [0.3, 0.4) is 0 Å². The van der Waals surface area contributed by atoms with Crippen molar-refractivity contribution in [2.75, 3.05) is 16.4 Å². The summed E-state index contributed by atoms with van der Waals surface area (Å²) in [6.45, 7) is 1.98. The zero-order chi connectivity index (χ0) is 18.4. The molecule has 3 rings (SSSR count). The number of rotatable bonds is 6. The monoisotopic (exact) mass is 383 g/mol. The van der Waals surface area contributed by atoms with Gasteiger partial charge in [0, 0.05) is 27.7 Å². The highest BCUT2D eigenvalue weighted by molar-refractivity contribution is 8.00. The molecule has 5 nitrogen and oxygen atoms in total. The second kappa shape index (κ2) is 8.64. The molecule has 2 amide bonds. The van der Waals surface area contributed by atoms with E-state index in [0.29, 0.717) is 16.4 Å². The second-order valence-electron chi connectivity index (χ2n) is 5.52. The minimum absolute atomic E-state index is 0.112. The highest BCUT2D eigenvalue weighted by atomic mass is 32.2. The number of nitrogens with one attached hydrogen (secondary N) is 2. The van der Waals surface area contributed by atoms with Crippen LogP contribution < -0.4 is 10.6 Å². The number of carbonyl (C=O) groups excluding carboxylic acids is 2. The molecule has 0 fully saturated rings. The average Bonchev–Trinajstić information content (AvgIpc) is 3.14. The molecule has 132 valence electrons. The van der Waals surface area contributed by atoms with Crippen LogP contribution in [0, 0.1) is 6.92 Å². The summed E-state index contributed by atoms with van der Waals surface area (Å²) in [5, 5.41) is 8.02. The van der Waals surface area contributed by atoms with E-state index < -0.39 is 0 Å². The van der Waals surface area contributed by atoms with E-state index in [1.807, 2.05) is 48.7 Å². The number of amides is 2. The number of thioether (sulfide) groups is 1. The lowest BCUT2D eigenvalue weighted by Gasteiger charge is -2.08. The van der Waals surface area contributed by atoms with Crippen LogP contribution in [0.1, 0.15) is 15.9 Å². The highest BCUT2D eigenvalue weighted by Crippen LogP contribution is 2.22. The van der Waals surface area contributed by atoms with Gasteiger partial charge in [-0.25, -0.2) is 4.98 Å². The lowest BCUT2D eigenvalue weighted by Crippen LogP contribution is -2.14. The van der Waals surface area contributed by atoms with Gasteiger partial charge in [-0.1, -0.05) is 23.8 Å². The van der Waals surface area contributed by atoms with Crippen LogP contribution in [0.15, 0.2) is 65.0 Å². The quantitative estimate of drug-likeness (QED) is 0.618. The van der Waals surface area contributed by atoms with Crippen molar-refractivity contribution in [3.8, 4) is 0 Å². The van der Waals surface area contributed by atoms with Gasteiger partial charge in [-0.05, 0) is 37.3 Å². The summed E-state index contributed by atoms with van der Waals surface area (Å²) in [5.74, 6) is 0.00212. The predicted octanol–water partition coefficient (Wildman–Crippen LogP) is 4.43. The van der Waals surface area contributed by atoms with E-state index in [9.17, 15) is 9.59 Å². The fourth-order valence-electron chi connectivity index (χ4n) is 2.16. The summed E-state index contributed by atoms with van der Waals surface area (Å²) in [6.07, 6.45) is 1.65. The molecule has 0 atom stereocenters. The van der Waals surface area contributed by atoms with Crippen LogP contribution in [0.5, 0.6) is 0 Å². The lowest BCUT2D eigenvalue weighted by atomic mass is 10.1. The van der Waals surface area contributed by atoms with Crippen LogP contribution in [-0.4, -0.2) is 22.6 Å². The molecule has 26 heavy (non-hydrogen) atoms. The average molecular weight is 383 g/mol. The van der Waals surface area contributed by atoms with E-state index in [1.54, 1.807) is 18.3 Å². The molecule has 0 aliphatic carbocycles. The first-order valence-corrected chi connectivity index (χ1v) is 9.77. The van der Waals surface area contributed by atoms with Crippen molar-refractivity contribution >= 4 is 45.7 Å². The molecule has 0 aliphatic rings. The van der Waals surface area contributed by atoms with E-state index in [2.05, 4.69) is 15.6 Å². The van der Waals surface area contributed by atoms with Crippen molar-refractivity contribution in [2.45, 2.75) is 11.8 Å². The molecule has 3 aromatic rings. The Morgan fingerprint density at radius 2 is 1.92 bits per heavy atom. The number of carbonyl (C=O) groups is 2. The van der Waals surface area contributed by atoms with E-state index in [0.717, 1.165) is 10.5 Å². The standard InChI is InChI=1S/C19H17N3O2S2/c1-13-5-7-14(8-6-13)18(24)21-15-3-2-4-16(11-15)26-12-17(23)22-19-20-9-10-25-19/h2-11H,12H2,1H3,(H,21,24)(H,20,22,23). The number of anilines is 2. The van der Waals surface area contributed by atoms with Crippen molar-refractivity contribution in [3.63, 3.8) is 0 Å². The molecular weight excluding hydrogens is 366 g/mol. The Hall–Kier alpha value is -2.64. The molecular formula is C19H17N3O2S2. The van der Waals surface area contributed by atoms with Gasteiger partial charge in [0.05, 0.1) is 5.75 Å². The van der Waals surface area contributed by atoms with Gasteiger partial charge in [-0.15, -0.1) is 23.1 Å². The molecule has 0 spiro atoms. The summed E-state index contributed by atoms with van der Waals surface area (Å²) < 4.78 is 0. The van der Waals surface area contributed by atoms with E-state index in [-0.39, 0.29) is 17.6 Å². The molecule has 0 radical (unpaired) electrons. The fraction of sp³-hybridized carbons (Fsp3) is 0.105. The Bertz CT molecular complexity index is 893. The van der Waals surface area contributed by atoms with Crippen molar-refractivity contribution in [1.82, 2.24) is 4.98 Å². The highest BCUT2D eigenvalue weighted by Gasteiger charge is 2.08. The summed E-state index contributed by atoms with van der Waals surface area (Å²) in [4.78, 5) is 29.1. The van der Waals surface area contributed by atoms with Crippen molar-refractivity contribution in [3.05, 3.63) is 71.2 Å². The third-order valence-electron chi connectivity index (χ3n) is 3.45. The van der Waals surface area contributed by atoms with Gasteiger partial charge in [-0.2, -0.15) is 0 Å². The Morgan fingerprint density at radius 3 is 2.65 bits per heavy atom. The number of benzene rings is 2. The maximum atomic E-state index is 12.3. The number of hydrogen-bond acceptors (Lipinski definition) is 5. The van der Waals surface area contributed by atoms with Crippen LogP contribution in [0.2, 0.25) is 0 Å². The molecule has 2 aromatic carbocycles. The summed E-state index contributed by atoms with van der Waals surface area (Å²) in [5.41, 5.74) is 2.41. The largest absolute Gasteiger partial charge is 0.322 e. The Kier molecular flexibility index (Phi) is 6.04. The predicted molar refractivity (Wildman–Crippen MR) is 107 cm³/mol. The SMILES string of the molecule is Cc1ccc(C(=O)Nc2cccc(SCC(=O)Nc3nccs3)c2)cc1. The molecule has 7 heteroatoms. The Morgan fingerprint density at radius 1 is 1.12 bits per heavy atom. The van der Waals surface area contributed by atoms with Crippen LogP contribution in [-0.2, 0) is 4.79 Å². The summed E-state index contributed by atoms with van der Waals surface area (Å²) in [6, 6.07) is 14.8. The number of hydrogen-bond donors (Lipinski definition) is 2. The zero-order valence-electron chi connectivity index (χ0n) is 14.1. The van der Waals surface area contributed by atoms with Gasteiger partial charge < -0.3 is 10.6 Å². The van der Waals surface area contributed by atoms with E-state index in [4.69, 9.17) is 0 Å². The maximum absolute atomic E-state index is 12.3. The first-order chi connectivity index (χ1) is 12.6. The normalized spacial score (nSPS) is 10.3. The van der Waals surface area contributed by atoms with Gasteiger partial charge in [0.15, 0.2) is 5.13 Å². The molecule has 0 aliphatic heterocycles. The molecule has 0 bridgehead atoms. The minimum Gasteiger partial charge on any atom is -0.322 e. The fourth-order valence-corrected chi connectivity index (χ4v) is 3.46. The molecule has 1 heterocycles. The first-order valence-electron chi connectivity index (χ1n) is 7.90.